The van der Waals surface area contributed by atoms with Crippen LogP contribution < -0.4 is 5.32 Å². The van der Waals surface area contributed by atoms with E-state index in [1.165, 1.54) is 12.0 Å². The second kappa shape index (κ2) is 8.67. The Balaban J connectivity index is 1.51. The van der Waals surface area contributed by atoms with Crippen molar-refractivity contribution in [3.63, 3.8) is 0 Å². The number of hydrogen-bond donors (Lipinski definition) is 2. The average molecular weight is 377 g/mol. The van der Waals surface area contributed by atoms with Gasteiger partial charge < -0.3 is 10.4 Å². The summed E-state index contributed by atoms with van der Waals surface area (Å²) in [5.41, 5.74) is 3.75. The standard InChI is InChI=1S/C23H28N4O/c28-23(11-5-2-6-12-23)18-25-15-21-17-27(16-19-8-3-1-4-9-19)26-22(21)20-10-7-13-24-14-20/h1,3-4,7-10,13-14,17,25,28H,2,5-6,11-12,15-16,18H2. The largest absolute Gasteiger partial charge is 0.389 e. The van der Waals surface area contributed by atoms with Gasteiger partial charge in [-0.15, -0.1) is 0 Å². The lowest BCUT2D eigenvalue weighted by molar-refractivity contribution is 0.00468. The molecule has 0 radical (unpaired) electrons. The molecule has 4 rings (SSSR count). The van der Waals surface area contributed by atoms with E-state index in [2.05, 4.69) is 28.6 Å². The summed E-state index contributed by atoms with van der Waals surface area (Å²) in [6.07, 6.45) is 11.0. The Bertz CT molecular complexity index is 870. The van der Waals surface area contributed by atoms with E-state index in [0.29, 0.717) is 13.1 Å². The third-order valence-corrected chi connectivity index (χ3v) is 5.51. The van der Waals surface area contributed by atoms with E-state index in [1.54, 1.807) is 6.20 Å². The van der Waals surface area contributed by atoms with Crippen LogP contribution in [0.25, 0.3) is 11.3 Å². The summed E-state index contributed by atoms with van der Waals surface area (Å²) in [4.78, 5) is 4.25. The van der Waals surface area contributed by atoms with Crippen LogP contribution in [0.1, 0.15) is 43.2 Å². The highest BCUT2D eigenvalue weighted by molar-refractivity contribution is 5.61. The summed E-state index contributed by atoms with van der Waals surface area (Å²) in [5.74, 6) is 0. The van der Waals surface area contributed by atoms with Gasteiger partial charge in [-0.25, -0.2) is 0 Å². The molecule has 0 unspecified atom stereocenters. The van der Waals surface area contributed by atoms with Crippen LogP contribution in [-0.2, 0) is 13.1 Å². The number of benzene rings is 1. The second-order valence-electron chi connectivity index (χ2n) is 7.82. The number of aromatic nitrogens is 3. The summed E-state index contributed by atoms with van der Waals surface area (Å²) in [5, 5.41) is 19.1. The third-order valence-electron chi connectivity index (χ3n) is 5.51. The third kappa shape index (κ3) is 4.66. The number of nitrogens with zero attached hydrogens (tertiary/aromatic N) is 3. The zero-order chi connectivity index (χ0) is 19.2. The van der Waals surface area contributed by atoms with Gasteiger partial charge in [0, 0.05) is 42.8 Å². The number of aliphatic hydroxyl groups is 1. The van der Waals surface area contributed by atoms with E-state index in [-0.39, 0.29) is 0 Å². The Labute approximate surface area is 166 Å². The quantitative estimate of drug-likeness (QED) is 0.659. The molecule has 3 aromatic rings. The van der Waals surface area contributed by atoms with Crippen molar-refractivity contribution in [2.24, 2.45) is 0 Å². The first kappa shape index (κ1) is 18.8. The molecule has 2 aromatic heterocycles. The van der Waals surface area contributed by atoms with Crippen LogP contribution in [0.5, 0.6) is 0 Å². The maximum atomic E-state index is 10.7. The molecule has 0 atom stereocenters. The molecule has 5 heteroatoms. The van der Waals surface area contributed by atoms with Crippen molar-refractivity contribution < 1.29 is 5.11 Å². The highest BCUT2D eigenvalue weighted by Gasteiger charge is 2.28. The SMILES string of the molecule is OC1(CNCc2cn(Cc3ccccc3)nc2-c2cccnc2)CCCCC1. The molecule has 1 aromatic carbocycles. The lowest BCUT2D eigenvalue weighted by Gasteiger charge is -2.32. The Morgan fingerprint density at radius 3 is 2.61 bits per heavy atom. The van der Waals surface area contributed by atoms with Crippen LogP contribution in [0.15, 0.2) is 61.1 Å². The predicted octanol–water partition coefficient (Wildman–Crippen LogP) is 3.78. The van der Waals surface area contributed by atoms with Gasteiger partial charge in [0.1, 0.15) is 0 Å². The van der Waals surface area contributed by atoms with Crippen molar-refractivity contribution in [3.8, 4) is 11.3 Å². The van der Waals surface area contributed by atoms with Crippen LogP contribution in [0.2, 0.25) is 0 Å². The normalized spacial score (nSPS) is 16.2. The van der Waals surface area contributed by atoms with E-state index >= 15 is 0 Å². The molecule has 0 amide bonds. The molecule has 0 saturated heterocycles. The molecule has 1 aliphatic carbocycles. The summed E-state index contributed by atoms with van der Waals surface area (Å²) in [6, 6.07) is 14.3. The lowest BCUT2D eigenvalue weighted by atomic mass is 9.85. The molecule has 0 bridgehead atoms. The maximum Gasteiger partial charge on any atom is 0.0983 e. The summed E-state index contributed by atoms with van der Waals surface area (Å²) in [6.45, 7) is 2.04. The zero-order valence-corrected chi connectivity index (χ0v) is 16.2. The minimum atomic E-state index is -0.563. The molecule has 146 valence electrons. The molecular formula is C23H28N4O. The lowest BCUT2D eigenvalue weighted by Crippen LogP contribution is -2.41. The first-order chi connectivity index (χ1) is 13.7. The molecule has 2 heterocycles. The summed E-state index contributed by atoms with van der Waals surface area (Å²) >= 11 is 0. The van der Waals surface area contributed by atoms with Gasteiger partial charge in [-0.1, -0.05) is 49.6 Å². The number of hydrogen-bond acceptors (Lipinski definition) is 4. The topological polar surface area (TPSA) is 63.0 Å². The van der Waals surface area contributed by atoms with Crippen molar-refractivity contribution in [3.05, 3.63) is 72.2 Å². The minimum Gasteiger partial charge on any atom is -0.389 e. The molecule has 1 saturated carbocycles. The van der Waals surface area contributed by atoms with Crippen LogP contribution in [0.3, 0.4) is 0 Å². The fourth-order valence-electron chi connectivity index (χ4n) is 4.01. The van der Waals surface area contributed by atoms with Gasteiger partial charge in [0.2, 0.25) is 0 Å². The minimum absolute atomic E-state index is 0.563. The van der Waals surface area contributed by atoms with Gasteiger partial charge in [-0.05, 0) is 30.5 Å². The molecule has 28 heavy (non-hydrogen) atoms. The van der Waals surface area contributed by atoms with Crippen molar-refractivity contribution in [2.75, 3.05) is 6.54 Å². The smallest absolute Gasteiger partial charge is 0.0983 e. The van der Waals surface area contributed by atoms with Gasteiger partial charge in [0.25, 0.3) is 0 Å². The molecule has 2 N–H and O–H groups in total. The Morgan fingerprint density at radius 2 is 1.86 bits per heavy atom. The molecule has 0 aliphatic heterocycles. The Kier molecular flexibility index (Phi) is 5.84. The Morgan fingerprint density at radius 1 is 1.04 bits per heavy atom. The van der Waals surface area contributed by atoms with Gasteiger partial charge in [0.15, 0.2) is 0 Å². The van der Waals surface area contributed by atoms with E-state index in [0.717, 1.165) is 49.0 Å². The molecular weight excluding hydrogens is 348 g/mol. The summed E-state index contributed by atoms with van der Waals surface area (Å²) in [7, 11) is 0. The first-order valence-electron chi connectivity index (χ1n) is 10.2. The maximum absolute atomic E-state index is 10.7. The van der Waals surface area contributed by atoms with Crippen molar-refractivity contribution in [2.45, 2.75) is 50.8 Å². The van der Waals surface area contributed by atoms with Gasteiger partial charge in [-0.3, -0.25) is 9.67 Å². The molecule has 0 spiro atoms. The number of pyridine rings is 1. The van der Waals surface area contributed by atoms with Gasteiger partial charge >= 0.3 is 0 Å². The molecule has 5 nitrogen and oxygen atoms in total. The molecule has 1 fully saturated rings. The monoisotopic (exact) mass is 376 g/mol. The highest BCUT2D eigenvalue weighted by atomic mass is 16.3. The van der Waals surface area contributed by atoms with E-state index in [9.17, 15) is 5.11 Å². The molecule has 1 aliphatic rings. The van der Waals surface area contributed by atoms with Crippen molar-refractivity contribution in [1.82, 2.24) is 20.1 Å². The zero-order valence-electron chi connectivity index (χ0n) is 16.2. The van der Waals surface area contributed by atoms with Crippen LogP contribution in [0, 0.1) is 0 Å². The number of rotatable bonds is 7. The van der Waals surface area contributed by atoms with Crippen LogP contribution in [0.4, 0.5) is 0 Å². The van der Waals surface area contributed by atoms with Gasteiger partial charge in [0.05, 0.1) is 17.8 Å². The van der Waals surface area contributed by atoms with Crippen LogP contribution in [-0.4, -0.2) is 32.0 Å². The van der Waals surface area contributed by atoms with E-state index in [1.807, 2.05) is 41.2 Å². The Hall–Kier alpha value is -2.50. The number of nitrogens with one attached hydrogen (secondary N) is 1. The fourth-order valence-corrected chi connectivity index (χ4v) is 4.01. The second-order valence-corrected chi connectivity index (χ2v) is 7.82. The van der Waals surface area contributed by atoms with Crippen LogP contribution >= 0.6 is 0 Å². The predicted molar refractivity (Wildman–Crippen MR) is 111 cm³/mol. The van der Waals surface area contributed by atoms with Crippen molar-refractivity contribution >= 4 is 0 Å². The van der Waals surface area contributed by atoms with E-state index < -0.39 is 5.60 Å². The fraction of sp³-hybridized carbons (Fsp3) is 0.391. The highest BCUT2D eigenvalue weighted by Crippen LogP contribution is 2.28. The van der Waals surface area contributed by atoms with Gasteiger partial charge in [-0.2, -0.15) is 5.10 Å². The first-order valence-corrected chi connectivity index (χ1v) is 10.2. The van der Waals surface area contributed by atoms with Crippen molar-refractivity contribution in [1.29, 1.82) is 0 Å². The average Bonchev–Trinajstić information content (AvgIpc) is 3.12. The van der Waals surface area contributed by atoms with E-state index in [4.69, 9.17) is 5.10 Å². The summed E-state index contributed by atoms with van der Waals surface area (Å²) < 4.78 is 1.99.